The van der Waals surface area contributed by atoms with E-state index in [0.29, 0.717) is 32.1 Å². The first kappa shape index (κ1) is 22.0. The number of halogens is 2. The molecule has 0 saturated heterocycles. The van der Waals surface area contributed by atoms with Crippen molar-refractivity contribution in [3.8, 4) is 0 Å². The van der Waals surface area contributed by atoms with Gasteiger partial charge in [-0.3, -0.25) is 0 Å². The minimum atomic E-state index is -1.68. The van der Waals surface area contributed by atoms with Crippen molar-refractivity contribution in [1.82, 2.24) is 18.5 Å². The van der Waals surface area contributed by atoms with E-state index in [-0.39, 0.29) is 19.8 Å². The number of nitrogens with one attached hydrogen (secondary N) is 1. The molecular weight excluding hydrogens is 454 g/mol. The fraction of sp³-hybridized carbons (Fsp3) is 0.769. The molecule has 1 atom stereocenters. The minimum absolute atomic E-state index is 0.0190. The molecule has 12 heteroatoms. The third kappa shape index (κ3) is 10.5. The van der Waals surface area contributed by atoms with Crippen molar-refractivity contribution in [1.29, 1.82) is 0 Å². The first-order chi connectivity index (χ1) is 12.2. The molecule has 0 aliphatic rings. The van der Waals surface area contributed by atoms with Crippen LogP contribution in [-0.2, 0) is 30.2 Å². The van der Waals surface area contributed by atoms with Crippen LogP contribution in [0, 0.1) is 0 Å². The van der Waals surface area contributed by atoms with Crippen LogP contribution >= 0.6 is 0 Å². The Morgan fingerprint density at radius 1 is 1.28 bits per heavy atom. The Kier molecular flexibility index (Phi) is 12.4. The number of hydrogen-bond acceptors (Lipinski definition) is 8. The van der Waals surface area contributed by atoms with E-state index >= 15 is 0 Å². The molecule has 0 saturated carbocycles. The first-order valence-corrected chi connectivity index (χ1v) is 9.23. The van der Waals surface area contributed by atoms with E-state index in [4.69, 9.17) is 23.7 Å². The molecule has 0 bridgehead atoms. The quantitative estimate of drug-likeness (QED) is 0.223. The van der Waals surface area contributed by atoms with E-state index in [9.17, 15) is 7.65 Å². The SMILES string of the molecule is COCCOCC(COC(=O)NCc1cn([I-]F)nn1)OCCOC. The molecule has 25 heavy (non-hydrogen) atoms. The summed E-state index contributed by atoms with van der Waals surface area (Å²) in [6.07, 6.45) is 0.380. The number of aromatic nitrogens is 3. The van der Waals surface area contributed by atoms with Gasteiger partial charge in [0.2, 0.25) is 0 Å². The Morgan fingerprint density at radius 3 is 2.72 bits per heavy atom. The molecule has 0 aliphatic carbocycles. The third-order valence-electron chi connectivity index (χ3n) is 2.77. The topological polar surface area (TPSA) is 106 Å². The third-order valence-corrected chi connectivity index (χ3v) is 3.62. The van der Waals surface area contributed by atoms with Crippen molar-refractivity contribution in [3.05, 3.63) is 11.9 Å². The van der Waals surface area contributed by atoms with Crippen LogP contribution in [0.3, 0.4) is 0 Å². The number of rotatable bonds is 14. The van der Waals surface area contributed by atoms with Crippen molar-refractivity contribution >= 4 is 6.09 Å². The van der Waals surface area contributed by atoms with Crippen molar-refractivity contribution in [2.75, 3.05) is 53.9 Å². The summed E-state index contributed by atoms with van der Waals surface area (Å²) in [4.78, 5) is 11.7. The zero-order chi connectivity index (χ0) is 18.3. The van der Waals surface area contributed by atoms with Gasteiger partial charge in [-0.25, -0.2) is 0 Å². The first-order valence-electron chi connectivity index (χ1n) is 7.45. The van der Waals surface area contributed by atoms with E-state index in [1.165, 1.54) is 6.20 Å². The Hall–Kier alpha value is -1.09. The molecule has 0 aromatic carbocycles. The molecule has 146 valence electrons. The normalized spacial score (nSPS) is 12.3. The van der Waals surface area contributed by atoms with Crippen LogP contribution in [0.25, 0.3) is 0 Å². The average Bonchev–Trinajstić information content (AvgIpc) is 3.09. The second-order valence-corrected chi connectivity index (χ2v) is 6.02. The summed E-state index contributed by atoms with van der Waals surface area (Å²) in [5.41, 5.74) is 0.449. The van der Waals surface area contributed by atoms with Gasteiger partial charge in [0.15, 0.2) is 0 Å². The Labute approximate surface area is 156 Å². The molecule has 0 spiro atoms. The number of carbonyl (C=O) groups is 1. The molecule has 1 unspecified atom stereocenters. The predicted octanol–water partition coefficient (Wildman–Crippen LogP) is -3.06. The van der Waals surface area contributed by atoms with Crippen LogP contribution in [0.4, 0.5) is 7.65 Å². The van der Waals surface area contributed by atoms with Gasteiger partial charge in [-0.2, -0.15) is 0 Å². The number of ether oxygens (including phenoxy) is 5. The van der Waals surface area contributed by atoms with Gasteiger partial charge < -0.3 is 9.47 Å². The maximum atomic E-state index is 12.4. The van der Waals surface area contributed by atoms with Crippen molar-refractivity contribution in [2.45, 2.75) is 12.6 Å². The van der Waals surface area contributed by atoms with Crippen molar-refractivity contribution < 1.29 is 53.4 Å². The molecule has 1 aromatic heterocycles. The monoisotopic (exact) mass is 477 g/mol. The van der Waals surface area contributed by atoms with Gasteiger partial charge in [-0.15, -0.1) is 0 Å². The Morgan fingerprint density at radius 2 is 2.04 bits per heavy atom. The summed E-state index contributed by atoms with van der Waals surface area (Å²) in [7, 11) is 3.15. The smallest absolute Gasteiger partial charge is 0.382 e. The van der Waals surface area contributed by atoms with Crippen LogP contribution < -0.4 is 27.4 Å². The molecule has 0 aliphatic heterocycles. The number of carbonyl (C=O) groups excluding carboxylic acids is 1. The van der Waals surface area contributed by atoms with Crippen LogP contribution in [-0.4, -0.2) is 79.3 Å². The Balaban J connectivity index is 2.27. The molecule has 1 aromatic rings. The summed E-state index contributed by atoms with van der Waals surface area (Å²) in [5, 5.41) is 9.80. The van der Waals surface area contributed by atoms with Gasteiger partial charge in [0.05, 0.1) is 6.61 Å². The van der Waals surface area contributed by atoms with E-state index in [2.05, 4.69) is 15.6 Å². The average molecular weight is 477 g/mol. The molecule has 1 amide bonds. The van der Waals surface area contributed by atoms with E-state index in [1.807, 2.05) is 0 Å². The number of nitrogens with zero attached hydrogens (tertiary/aromatic N) is 3. The predicted molar refractivity (Wildman–Crippen MR) is 79.0 cm³/mol. The summed E-state index contributed by atoms with van der Waals surface area (Å²) in [5.74, 6) is 0. The number of alkyl carbamates (subject to hydrolysis) is 1. The number of amides is 1. The fourth-order valence-electron chi connectivity index (χ4n) is 1.57. The summed E-state index contributed by atoms with van der Waals surface area (Å²) in [6, 6.07) is 0. The molecule has 1 N–H and O–H groups in total. The van der Waals surface area contributed by atoms with E-state index in [0.717, 1.165) is 2.90 Å². The summed E-state index contributed by atoms with van der Waals surface area (Å²) < 4.78 is 39.4. The van der Waals surface area contributed by atoms with Crippen LogP contribution in [0.1, 0.15) is 5.69 Å². The zero-order valence-corrected chi connectivity index (χ0v) is 16.3. The maximum absolute atomic E-state index is 12.4. The second-order valence-electron chi connectivity index (χ2n) is 4.67. The van der Waals surface area contributed by atoms with Gasteiger partial charge in [0.25, 0.3) is 0 Å². The Bertz CT molecular complexity index is 481. The zero-order valence-electron chi connectivity index (χ0n) is 14.2. The van der Waals surface area contributed by atoms with Gasteiger partial charge in [-0.05, 0) is 0 Å². The van der Waals surface area contributed by atoms with Crippen molar-refractivity contribution in [2.24, 2.45) is 0 Å². The van der Waals surface area contributed by atoms with Gasteiger partial charge >= 0.3 is 126 Å². The van der Waals surface area contributed by atoms with Gasteiger partial charge in [0.1, 0.15) is 0 Å². The number of methoxy groups -OCH3 is 2. The summed E-state index contributed by atoms with van der Waals surface area (Å²) in [6.45, 7) is 2.04. The molecule has 0 radical (unpaired) electrons. The molecule has 0 fully saturated rings. The second kappa shape index (κ2) is 14.1. The van der Waals surface area contributed by atoms with Gasteiger partial charge in [-0.1, -0.05) is 0 Å². The molecule has 10 nitrogen and oxygen atoms in total. The van der Waals surface area contributed by atoms with Gasteiger partial charge in [0, 0.05) is 14.2 Å². The number of hydrogen-bond donors (Lipinski definition) is 1. The fourth-order valence-corrected chi connectivity index (χ4v) is 2.17. The van der Waals surface area contributed by atoms with E-state index in [1.54, 1.807) is 14.2 Å². The van der Waals surface area contributed by atoms with Crippen LogP contribution in [0.15, 0.2) is 6.20 Å². The van der Waals surface area contributed by atoms with E-state index < -0.39 is 34.2 Å². The summed E-state index contributed by atoms with van der Waals surface area (Å²) >= 11 is -1.68. The van der Waals surface area contributed by atoms with Crippen LogP contribution in [0.5, 0.6) is 0 Å². The minimum Gasteiger partial charge on any atom is -0.382 e. The molecular formula is C13H23FIN4O6-. The molecule has 1 heterocycles. The van der Waals surface area contributed by atoms with Crippen molar-refractivity contribution in [3.63, 3.8) is 0 Å². The van der Waals surface area contributed by atoms with Crippen LogP contribution in [0.2, 0.25) is 0 Å². The molecule has 1 rings (SSSR count). The standard InChI is InChI=1S/C13H23FIN4O6/c1-21-3-5-23-9-12(24-6-4-22-2)10-25-13(20)16-7-11-8-19(15-14)18-17-11/h8,12H,3-7,9-10H2,1-2H3,(H,16,20)/q-1.